The van der Waals surface area contributed by atoms with Crippen LogP contribution >= 0.6 is 11.6 Å². The molecule has 7 heteroatoms. The first kappa shape index (κ1) is 21.1. The minimum absolute atomic E-state index is 0.0429. The molecular formula is C22H31ClN2O3S. The lowest BCUT2D eigenvalue weighted by Gasteiger charge is -2.28. The third-order valence-electron chi connectivity index (χ3n) is 7.17. The molecule has 29 heavy (non-hydrogen) atoms. The van der Waals surface area contributed by atoms with Gasteiger partial charge in [-0.3, -0.25) is 4.79 Å². The SMILES string of the molecule is C[C@H](NC(=O)c1ccc(Cl)c(S(=O)(=O)N2CCCCCC2)c1)[C@H]1C[C@H]2CC[C@H]1C2. The number of nitrogens with zero attached hydrogens (tertiary/aromatic N) is 1. The molecule has 0 aromatic heterocycles. The molecule has 2 saturated carbocycles. The zero-order valence-corrected chi connectivity index (χ0v) is 18.6. The van der Waals surface area contributed by atoms with Crippen LogP contribution in [0.1, 0.15) is 68.6 Å². The second-order valence-corrected chi connectivity index (χ2v) is 11.4. The molecule has 4 rings (SSSR count). The van der Waals surface area contributed by atoms with Crippen LogP contribution in [0.4, 0.5) is 0 Å². The third-order valence-corrected chi connectivity index (χ3v) is 9.55. The summed E-state index contributed by atoms with van der Waals surface area (Å²) in [5.41, 5.74) is 0.359. The van der Waals surface area contributed by atoms with E-state index >= 15 is 0 Å². The van der Waals surface area contributed by atoms with Crippen LogP contribution in [0, 0.1) is 17.8 Å². The first-order valence-electron chi connectivity index (χ1n) is 11.0. The lowest BCUT2D eigenvalue weighted by Crippen LogP contribution is -2.40. The summed E-state index contributed by atoms with van der Waals surface area (Å²) in [7, 11) is -3.70. The summed E-state index contributed by atoms with van der Waals surface area (Å²) in [6.45, 7) is 3.10. The number of fused-ring (bicyclic) bond motifs is 2. The van der Waals surface area contributed by atoms with Gasteiger partial charge >= 0.3 is 0 Å². The molecule has 1 aromatic carbocycles. The van der Waals surface area contributed by atoms with Gasteiger partial charge in [0.05, 0.1) is 5.02 Å². The second-order valence-electron chi connectivity index (χ2n) is 9.06. The van der Waals surface area contributed by atoms with Crippen molar-refractivity contribution in [2.45, 2.75) is 69.2 Å². The van der Waals surface area contributed by atoms with Crippen LogP contribution in [-0.4, -0.2) is 37.8 Å². The van der Waals surface area contributed by atoms with E-state index in [0.717, 1.165) is 37.5 Å². The molecule has 0 radical (unpaired) electrons. The number of amides is 1. The molecule has 3 aliphatic rings. The van der Waals surface area contributed by atoms with Crippen molar-refractivity contribution in [1.82, 2.24) is 9.62 Å². The van der Waals surface area contributed by atoms with Gasteiger partial charge in [0.25, 0.3) is 5.91 Å². The molecule has 1 heterocycles. The number of sulfonamides is 1. The molecule has 1 saturated heterocycles. The number of carbonyl (C=O) groups excluding carboxylic acids is 1. The van der Waals surface area contributed by atoms with Crippen molar-refractivity contribution in [3.05, 3.63) is 28.8 Å². The van der Waals surface area contributed by atoms with Crippen LogP contribution in [0.15, 0.2) is 23.1 Å². The van der Waals surface area contributed by atoms with E-state index in [0.29, 0.717) is 24.6 Å². The van der Waals surface area contributed by atoms with Gasteiger partial charge in [-0.25, -0.2) is 8.42 Å². The largest absolute Gasteiger partial charge is 0.349 e. The molecule has 4 atom stereocenters. The highest BCUT2D eigenvalue weighted by Crippen LogP contribution is 2.49. The predicted molar refractivity (Wildman–Crippen MR) is 115 cm³/mol. The molecule has 160 valence electrons. The summed E-state index contributed by atoms with van der Waals surface area (Å²) >= 11 is 6.26. The number of hydrogen-bond donors (Lipinski definition) is 1. The predicted octanol–water partition coefficient (Wildman–Crippen LogP) is 4.46. The van der Waals surface area contributed by atoms with Crippen molar-refractivity contribution in [2.75, 3.05) is 13.1 Å². The zero-order chi connectivity index (χ0) is 20.6. The number of nitrogens with one attached hydrogen (secondary N) is 1. The van der Waals surface area contributed by atoms with Crippen molar-refractivity contribution in [2.24, 2.45) is 17.8 Å². The maximum atomic E-state index is 13.2. The summed E-state index contributed by atoms with van der Waals surface area (Å²) in [6, 6.07) is 4.70. The second kappa shape index (κ2) is 8.56. The van der Waals surface area contributed by atoms with Gasteiger partial charge in [-0.15, -0.1) is 0 Å². The van der Waals surface area contributed by atoms with E-state index in [4.69, 9.17) is 11.6 Å². The lowest BCUT2D eigenvalue weighted by molar-refractivity contribution is 0.0915. The molecule has 1 aromatic rings. The van der Waals surface area contributed by atoms with Crippen molar-refractivity contribution in [3.63, 3.8) is 0 Å². The van der Waals surface area contributed by atoms with Gasteiger partial charge in [-0.1, -0.05) is 30.9 Å². The van der Waals surface area contributed by atoms with Gasteiger partial charge in [0.15, 0.2) is 0 Å². The Bertz CT molecular complexity index is 865. The Labute approximate surface area is 179 Å². The van der Waals surface area contributed by atoms with Crippen LogP contribution in [0.3, 0.4) is 0 Å². The van der Waals surface area contributed by atoms with Gasteiger partial charge in [0.2, 0.25) is 10.0 Å². The molecule has 2 aliphatic carbocycles. The summed E-state index contributed by atoms with van der Waals surface area (Å²) in [5, 5.41) is 3.29. The molecule has 0 unspecified atom stereocenters. The summed E-state index contributed by atoms with van der Waals surface area (Å²) in [4.78, 5) is 12.9. The van der Waals surface area contributed by atoms with E-state index < -0.39 is 10.0 Å². The fourth-order valence-electron chi connectivity index (χ4n) is 5.57. The van der Waals surface area contributed by atoms with Gasteiger partial charge in [0, 0.05) is 24.7 Å². The maximum Gasteiger partial charge on any atom is 0.251 e. The summed E-state index contributed by atoms with van der Waals surface area (Å²) in [6.07, 6.45) is 8.90. The minimum Gasteiger partial charge on any atom is -0.349 e. The van der Waals surface area contributed by atoms with Crippen LogP contribution in [0.25, 0.3) is 0 Å². The van der Waals surface area contributed by atoms with Crippen molar-refractivity contribution >= 4 is 27.5 Å². The number of halogens is 1. The number of carbonyl (C=O) groups is 1. The molecule has 0 spiro atoms. The Kier molecular flexibility index (Phi) is 6.24. The number of hydrogen-bond acceptors (Lipinski definition) is 3. The first-order chi connectivity index (χ1) is 13.9. The normalized spacial score (nSPS) is 28.8. The average Bonchev–Trinajstić information content (AvgIpc) is 3.22. The van der Waals surface area contributed by atoms with Crippen LogP contribution in [0.5, 0.6) is 0 Å². The van der Waals surface area contributed by atoms with E-state index in [2.05, 4.69) is 12.2 Å². The average molecular weight is 439 g/mol. The molecule has 3 fully saturated rings. The molecule has 2 bridgehead atoms. The van der Waals surface area contributed by atoms with E-state index in [1.807, 2.05) is 0 Å². The van der Waals surface area contributed by atoms with Crippen LogP contribution in [-0.2, 0) is 10.0 Å². The van der Waals surface area contributed by atoms with Crippen molar-refractivity contribution < 1.29 is 13.2 Å². The number of rotatable bonds is 5. The Balaban J connectivity index is 1.50. The number of benzene rings is 1. The van der Waals surface area contributed by atoms with Gasteiger partial charge in [0.1, 0.15) is 4.90 Å². The Morgan fingerprint density at radius 3 is 2.48 bits per heavy atom. The zero-order valence-electron chi connectivity index (χ0n) is 17.1. The van der Waals surface area contributed by atoms with Gasteiger partial charge < -0.3 is 5.32 Å². The van der Waals surface area contributed by atoms with E-state index in [1.54, 1.807) is 6.07 Å². The lowest BCUT2D eigenvalue weighted by atomic mass is 9.84. The fourth-order valence-corrected chi connectivity index (χ4v) is 7.58. The van der Waals surface area contributed by atoms with Crippen LogP contribution in [0.2, 0.25) is 5.02 Å². The Morgan fingerprint density at radius 1 is 1.14 bits per heavy atom. The highest BCUT2D eigenvalue weighted by molar-refractivity contribution is 7.89. The monoisotopic (exact) mass is 438 g/mol. The quantitative estimate of drug-likeness (QED) is 0.737. The Morgan fingerprint density at radius 2 is 1.86 bits per heavy atom. The standard InChI is InChI=1S/C22H31ClN2O3S/c1-15(19-13-16-6-7-17(19)12-16)24-22(26)18-8-9-20(23)21(14-18)29(27,28)25-10-4-2-3-5-11-25/h8-9,14-17,19H,2-7,10-13H2,1H3,(H,24,26)/t15-,16-,17-,19+/m0/s1. The van der Waals surface area contributed by atoms with Crippen LogP contribution < -0.4 is 5.32 Å². The Hall–Kier alpha value is -1.11. The summed E-state index contributed by atoms with van der Waals surface area (Å²) in [5.74, 6) is 1.86. The molecule has 1 aliphatic heterocycles. The smallest absolute Gasteiger partial charge is 0.251 e. The summed E-state index contributed by atoms with van der Waals surface area (Å²) < 4.78 is 27.8. The molecule has 5 nitrogen and oxygen atoms in total. The maximum absolute atomic E-state index is 13.2. The van der Waals surface area contributed by atoms with Gasteiger partial charge in [-0.05, 0) is 75.0 Å². The molecule has 1 amide bonds. The first-order valence-corrected chi connectivity index (χ1v) is 12.8. The highest BCUT2D eigenvalue weighted by atomic mass is 35.5. The fraction of sp³-hybridized carbons (Fsp3) is 0.682. The molecule has 1 N–H and O–H groups in total. The van der Waals surface area contributed by atoms with Crippen molar-refractivity contribution in [1.29, 1.82) is 0 Å². The van der Waals surface area contributed by atoms with E-state index in [1.165, 1.54) is 42.1 Å². The third kappa shape index (κ3) is 4.35. The minimum atomic E-state index is -3.70. The van der Waals surface area contributed by atoms with E-state index in [9.17, 15) is 13.2 Å². The van der Waals surface area contributed by atoms with Gasteiger partial charge in [-0.2, -0.15) is 4.31 Å². The topological polar surface area (TPSA) is 66.5 Å². The molecular weight excluding hydrogens is 408 g/mol. The highest BCUT2D eigenvalue weighted by Gasteiger charge is 2.42. The van der Waals surface area contributed by atoms with Crippen molar-refractivity contribution in [3.8, 4) is 0 Å². The van der Waals surface area contributed by atoms with E-state index in [-0.39, 0.29) is 21.9 Å².